The van der Waals surface area contributed by atoms with Gasteiger partial charge in [0.15, 0.2) is 41.4 Å². The Morgan fingerprint density at radius 1 is 0.842 bits per heavy atom. The molecule has 3 saturated heterocycles. The normalized spacial score (nSPS) is 16.9. The highest BCUT2D eigenvalue weighted by Crippen LogP contribution is 2.43. The van der Waals surface area contributed by atoms with E-state index in [9.17, 15) is 33.6 Å². The van der Waals surface area contributed by atoms with Crippen molar-refractivity contribution < 1.29 is 71.3 Å². The van der Waals surface area contributed by atoms with Crippen molar-refractivity contribution in [3.05, 3.63) is 90.5 Å². The number of piperidine rings is 2. The van der Waals surface area contributed by atoms with Crippen LogP contribution in [0.5, 0.6) is 23.0 Å². The summed E-state index contributed by atoms with van der Waals surface area (Å²) in [5.41, 5.74) is 4.71. The lowest BCUT2D eigenvalue weighted by molar-refractivity contribution is -0.686. The van der Waals surface area contributed by atoms with Crippen LogP contribution < -0.4 is 39.0 Å². The first-order chi connectivity index (χ1) is 45.9. The fourth-order valence-corrected chi connectivity index (χ4v) is 13.0. The summed E-state index contributed by atoms with van der Waals surface area (Å²) in [6.45, 7) is 8.13. The number of rotatable bonds is 21. The molecule has 28 nitrogen and oxygen atoms in total. The zero-order valence-electron chi connectivity index (χ0n) is 54.5. The van der Waals surface area contributed by atoms with Crippen LogP contribution in [0.3, 0.4) is 0 Å². The molecule has 3 aromatic carbocycles. The number of likely N-dealkylation sites (N-methyl/N-ethyl adjacent to an activating group) is 4. The lowest BCUT2D eigenvalue weighted by atomic mass is 9.77. The Morgan fingerprint density at radius 2 is 1.60 bits per heavy atom. The maximum absolute atomic E-state index is 13.7. The Balaban J connectivity index is 0.534. The first-order valence-electron chi connectivity index (χ1n) is 32.0. The number of likely N-dealkylation sites (tertiary alicyclic amines) is 3. The molecule has 28 heteroatoms. The van der Waals surface area contributed by atoms with Gasteiger partial charge >= 0.3 is 30.4 Å². The second-order valence-corrected chi connectivity index (χ2v) is 25.0. The Labute approximate surface area is 550 Å². The molecule has 502 valence electrons. The highest BCUT2D eigenvalue weighted by atomic mass is 16.7. The molecule has 0 unspecified atom stereocenters. The van der Waals surface area contributed by atoms with E-state index < -0.39 is 24.4 Å². The van der Waals surface area contributed by atoms with Gasteiger partial charge in [0.05, 0.1) is 42.2 Å². The third kappa shape index (κ3) is 15.3. The number of carbonyl (C=O) groups is 7. The molecule has 6 aromatic rings. The molecule has 11 rings (SSSR count). The van der Waals surface area contributed by atoms with Crippen LogP contribution in [-0.4, -0.2) is 219 Å². The standard InChI is InChI=1S/C67H80N14O14/c1-44-15-23-79(57(82)14-20-68)39-53(44)76(5)60-49-17-25-81(61(49)71-42-70-60)64(86)73(2)29-30-75(4)65(87)92-40-45-8-11-48(12-9-45)72-63(85)91-33-31-77-26-18-67(19-27-77)37-58(83)80(41-67)22-7-32-90-62(84)69-21-28-74(3)66(88)95-59-51-38-78-24-16-47-35-55-56(94-43-93-55)36-50(47)52(78)34-46(51)10-13-54(59)89-6/h8-13,17,25,34-36,38,42,44,53H,7,14-16,18-19,21-24,26-33,37,39-41,43H2,1-6H3,(H-,69,72,84,85)/p+1/t44-,53+/m1/s1. The Bertz CT molecular complexity index is 3910. The molecular formula is C67H81N14O14+. The number of anilines is 2. The van der Waals surface area contributed by atoms with Crippen LogP contribution in [0.2, 0.25) is 0 Å². The van der Waals surface area contributed by atoms with Gasteiger partial charge in [0.2, 0.25) is 24.3 Å². The number of nitrogens with zero attached hydrogens (tertiary/aromatic N) is 12. The van der Waals surface area contributed by atoms with E-state index in [0.29, 0.717) is 103 Å². The third-order valence-corrected chi connectivity index (χ3v) is 18.8. The number of ether oxygens (including phenoxy) is 7. The Hall–Kier alpha value is -10.2. The van der Waals surface area contributed by atoms with Crippen molar-refractivity contribution in [3.63, 3.8) is 0 Å². The lowest BCUT2D eigenvalue weighted by Gasteiger charge is -2.42. The van der Waals surface area contributed by atoms with E-state index in [4.69, 9.17) is 38.4 Å². The van der Waals surface area contributed by atoms with Crippen molar-refractivity contribution >= 4 is 75.5 Å². The van der Waals surface area contributed by atoms with E-state index in [1.807, 2.05) is 47.3 Å². The fraction of sp³-hybridized carbons (Fsp3) is 0.478. The minimum absolute atomic E-state index is 0.0222. The lowest BCUT2D eigenvalue weighted by Crippen LogP contribution is -2.52. The van der Waals surface area contributed by atoms with Crippen LogP contribution in [0.4, 0.5) is 35.5 Å². The van der Waals surface area contributed by atoms with Gasteiger partial charge < -0.3 is 67.9 Å². The van der Waals surface area contributed by atoms with Crippen molar-refractivity contribution in [2.45, 2.75) is 71.1 Å². The van der Waals surface area contributed by atoms with Gasteiger partial charge in [-0.15, -0.1) is 0 Å². The molecule has 2 N–H and O–H groups in total. The number of nitrogens with one attached hydrogen (secondary N) is 2. The van der Waals surface area contributed by atoms with E-state index in [2.05, 4.69) is 43.1 Å². The molecule has 5 aliphatic rings. The van der Waals surface area contributed by atoms with Crippen molar-refractivity contribution in [1.82, 2.24) is 49.3 Å². The Morgan fingerprint density at radius 3 is 2.38 bits per heavy atom. The average Bonchev–Trinajstić information content (AvgIpc) is 1.49. The predicted molar refractivity (Wildman–Crippen MR) is 346 cm³/mol. The summed E-state index contributed by atoms with van der Waals surface area (Å²) in [6.07, 6.45) is 6.56. The molecule has 95 heavy (non-hydrogen) atoms. The van der Waals surface area contributed by atoms with Crippen molar-refractivity contribution in [1.29, 1.82) is 5.26 Å². The van der Waals surface area contributed by atoms with Gasteiger partial charge in [-0.2, -0.15) is 9.83 Å². The van der Waals surface area contributed by atoms with Gasteiger partial charge in [0, 0.05) is 118 Å². The molecule has 0 bridgehead atoms. The number of pyridine rings is 1. The maximum atomic E-state index is 13.7. The van der Waals surface area contributed by atoms with Gasteiger partial charge in [-0.25, -0.2) is 33.9 Å². The average molecular weight is 1310 g/mol. The zero-order valence-corrected chi connectivity index (χ0v) is 54.5. The second kappa shape index (κ2) is 29.4. The van der Waals surface area contributed by atoms with E-state index in [-0.39, 0.29) is 94.4 Å². The number of alkyl carbamates (subject to hydrolysis) is 1. The summed E-state index contributed by atoms with van der Waals surface area (Å²) in [6, 6.07) is 20.0. The molecule has 2 atom stereocenters. The predicted octanol–water partition coefficient (Wildman–Crippen LogP) is 6.70. The fourth-order valence-electron chi connectivity index (χ4n) is 13.0. The Kier molecular flexibility index (Phi) is 20.5. The van der Waals surface area contributed by atoms with E-state index >= 15 is 0 Å². The van der Waals surface area contributed by atoms with Crippen molar-refractivity contribution in [2.24, 2.45) is 11.3 Å². The molecule has 3 aromatic heterocycles. The third-order valence-electron chi connectivity index (χ3n) is 18.8. The zero-order chi connectivity index (χ0) is 66.9. The largest absolute Gasteiger partial charge is 0.493 e. The summed E-state index contributed by atoms with van der Waals surface area (Å²) in [7, 11) is 8.23. The van der Waals surface area contributed by atoms with Crippen LogP contribution in [0.25, 0.3) is 33.1 Å². The molecule has 0 aliphatic carbocycles. The van der Waals surface area contributed by atoms with Gasteiger partial charge in [0.25, 0.3) is 0 Å². The topological polar surface area (TPSA) is 289 Å². The van der Waals surface area contributed by atoms with E-state index in [1.165, 1.54) is 38.3 Å². The van der Waals surface area contributed by atoms with Crippen LogP contribution in [0.1, 0.15) is 56.6 Å². The van der Waals surface area contributed by atoms with E-state index in [1.54, 1.807) is 68.6 Å². The number of aryl methyl sites for hydroxylation is 2. The van der Waals surface area contributed by atoms with Gasteiger partial charge in [0.1, 0.15) is 31.8 Å². The number of methoxy groups -OCH3 is 1. The van der Waals surface area contributed by atoms with E-state index in [0.717, 1.165) is 61.2 Å². The van der Waals surface area contributed by atoms with Gasteiger partial charge in [-0.1, -0.05) is 19.1 Å². The molecule has 3 fully saturated rings. The quantitative estimate of drug-likeness (QED) is 0.0430. The van der Waals surface area contributed by atoms with Crippen molar-refractivity contribution in [3.8, 4) is 40.3 Å². The maximum Gasteiger partial charge on any atom is 0.415 e. The second-order valence-electron chi connectivity index (χ2n) is 25.0. The molecule has 7 amide bonds. The first kappa shape index (κ1) is 66.3. The summed E-state index contributed by atoms with van der Waals surface area (Å²) < 4.78 is 42.9. The van der Waals surface area contributed by atoms with Crippen molar-refractivity contribution in [2.75, 3.05) is 138 Å². The number of amides is 7. The number of nitriles is 1. The molecule has 8 heterocycles. The first-order valence-corrected chi connectivity index (χ1v) is 32.0. The summed E-state index contributed by atoms with van der Waals surface area (Å²) in [4.78, 5) is 112. The van der Waals surface area contributed by atoms with Gasteiger partial charge in [-0.05, 0) is 109 Å². The van der Waals surface area contributed by atoms with Crippen LogP contribution in [0, 0.1) is 22.7 Å². The molecule has 0 saturated carbocycles. The number of aromatic nitrogens is 4. The molecule has 0 radical (unpaired) electrons. The summed E-state index contributed by atoms with van der Waals surface area (Å²) in [5, 5.41) is 16.7. The number of carbonyl (C=O) groups excluding carboxylic acids is 7. The molecule has 1 spiro atoms. The number of hydrogen-bond acceptors (Lipinski definition) is 19. The SMILES string of the molecule is COc1ccc2cc3[n+](cc2c1OC(=O)N(C)CCNC(=O)OCCCN1CC2(CCN(CCOC(=O)Nc4ccc(COC(=O)N(C)CCN(C)C(=O)n5ccc6c(N(C)[C@H]7CN(C(=O)CC#N)CC[C@H]7C)ncnc65)cc4)CC2)CC1=O)CCc1cc2c(cc1-3)OCO2. The molecular weight excluding hydrogens is 1220 g/mol. The molecule has 5 aliphatic heterocycles. The van der Waals surface area contributed by atoms with Crippen LogP contribution in [-0.2, 0) is 43.4 Å². The smallest absolute Gasteiger partial charge is 0.415 e. The minimum atomic E-state index is -0.630. The number of fused-ring (bicyclic) bond motifs is 6. The summed E-state index contributed by atoms with van der Waals surface area (Å²) in [5.74, 6) is 2.91. The highest BCUT2D eigenvalue weighted by Gasteiger charge is 2.45. The monoisotopic (exact) mass is 1310 g/mol. The number of hydrogen-bond donors (Lipinski definition) is 2. The highest BCUT2D eigenvalue weighted by molar-refractivity contribution is 5.96. The summed E-state index contributed by atoms with van der Waals surface area (Å²) >= 11 is 0. The van der Waals surface area contributed by atoms with Crippen LogP contribution in [0.15, 0.2) is 79.4 Å². The van der Waals surface area contributed by atoms with Crippen LogP contribution >= 0.6 is 0 Å². The number of benzene rings is 3. The minimum Gasteiger partial charge on any atom is -0.493 e. The van der Waals surface area contributed by atoms with Gasteiger partial charge in [-0.3, -0.25) is 24.4 Å².